The highest BCUT2D eigenvalue weighted by Gasteiger charge is 2.57. The lowest BCUT2D eigenvalue weighted by molar-refractivity contribution is -0.168. The first-order valence-corrected chi connectivity index (χ1v) is 8.49. The number of aromatic hydroxyl groups is 1. The van der Waals surface area contributed by atoms with E-state index < -0.39 is 23.2 Å². The second-order valence-electron chi connectivity index (χ2n) is 5.01. The molecule has 0 spiro atoms. The maximum absolute atomic E-state index is 12.5. The Kier molecular flexibility index (Phi) is 8.71. The Morgan fingerprint density at radius 2 is 1.56 bits per heavy atom. The Bertz CT molecular complexity index is 546. The second kappa shape index (κ2) is 9.58. The Morgan fingerprint density at radius 1 is 1.04 bits per heavy atom. The summed E-state index contributed by atoms with van der Waals surface area (Å²) in [7, 11) is 0. The standard InChI is InChI=1S/C14H15Cl4F3O4/c15-9-5-8(22)6-10(16)12(9)25-4-2-1-3-24-7-11(23)13(17,18)14(19,20)21/h5-6,11,22-23H,1-4,7H2. The molecule has 0 aliphatic heterocycles. The molecule has 25 heavy (non-hydrogen) atoms. The van der Waals surface area contributed by atoms with E-state index in [1.54, 1.807) is 0 Å². The quantitative estimate of drug-likeness (QED) is 0.416. The number of hydrogen-bond acceptors (Lipinski definition) is 4. The van der Waals surface area contributed by atoms with Crippen LogP contribution in [0.5, 0.6) is 11.5 Å². The van der Waals surface area contributed by atoms with E-state index in [9.17, 15) is 23.4 Å². The largest absolute Gasteiger partial charge is 0.508 e. The van der Waals surface area contributed by atoms with Gasteiger partial charge in [0.1, 0.15) is 11.9 Å². The van der Waals surface area contributed by atoms with Gasteiger partial charge in [0, 0.05) is 18.7 Å². The lowest BCUT2D eigenvalue weighted by Crippen LogP contribution is -2.47. The summed E-state index contributed by atoms with van der Waals surface area (Å²) >= 11 is 21.9. The second-order valence-corrected chi connectivity index (χ2v) is 7.21. The number of benzene rings is 1. The SMILES string of the molecule is Oc1cc(Cl)c(OCCCCOCC(O)C(Cl)(Cl)C(F)(F)F)c(Cl)c1. The first-order valence-electron chi connectivity index (χ1n) is 6.98. The highest BCUT2D eigenvalue weighted by molar-refractivity contribution is 6.49. The Hall–Kier alpha value is -0.310. The smallest absolute Gasteiger partial charge is 0.424 e. The fourth-order valence-corrected chi connectivity index (χ4v) is 2.36. The minimum absolute atomic E-state index is 0.0686. The maximum Gasteiger partial charge on any atom is 0.424 e. The van der Waals surface area contributed by atoms with E-state index in [1.165, 1.54) is 12.1 Å². The van der Waals surface area contributed by atoms with Gasteiger partial charge in [-0.25, -0.2) is 0 Å². The number of ether oxygens (including phenoxy) is 2. The van der Waals surface area contributed by atoms with Gasteiger partial charge >= 0.3 is 6.18 Å². The van der Waals surface area contributed by atoms with Crippen LogP contribution in [0, 0.1) is 0 Å². The highest BCUT2D eigenvalue weighted by Crippen LogP contribution is 2.42. The van der Waals surface area contributed by atoms with E-state index in [2.05, 4.69) is 0 Å². The van der Waals surface area contributed by atoms with Crippen molar-refractivity contribution in [1.82, 2.24) is 0 Å². The van der Waals surface area contributed by atoms with Crippen LogP contribution < -0.4 is 4.74 Å². The first kappa shape index (κ1) is 22.7. The molecule has 2 N–H and O–H groups in total. The molecule has 0 radical (unpaired) electrons. The van der Waals surface area contributed by atoms with Crippen LogP contribution >= 0.6 is 46.4 Å². The summed E-state index contributed by atoms with van der Waals surface area (Å²) in [6.07, 6.45) is -6.17. The van der Waals surface area contributed by atoms with Crippen molar-refractivity contribution >= 4 is 46.4 Å². The van der Waals surface area contributed by atoms with E-state index in [-0.39, 0.29) is 34.8 Å². The van der Waals surface area contributed by atoms with E-state index in [0.717, 1.165) is 0 Å². The normalized spacial score (nSPS) is 13.8. The molecule has 0 saturated carbocycles. The van der Waals surface area contributed by atoms with Crippen LogP contribution in [0.1, 0.15) is 12.8 Å². The fourth-order valence-electron chi connectivity index (χ4n) is 1.65. The van der Waals surface area contributed by atoms with Crippen molar-refractivity contribution in [2.75, 3.05) is 19.8 Å². The molecule has 1 aromatic carbocycles. The average Bonchev–Trinajstić information content (AvgIpc) is 2.46. The van der Waals surface area contributed by atoms with Crippen molar-refractivity contribution in [3.05, 3.63) is 22.2 Å². The van der Waals surface area contributed by atoms with Gasteiger partial charge in [-0.05, 0) is 12.8 Å². The van der Waals surface area contributed by atoms with Gasteiger partial charge < -0.3 is 19.7 Å². The van der Waals surface area contributed by atoms with Gasteiger partial charge in [-0.2, -0.15) is 13.2 Å². The van der Waals surface area contributed by atoms with Gasteiger partial charge in [-0.15, -0.1) is 0 Å². The topological polar surface area (TPSA) is 58.9 Å². The molecule has 4 nitrogen and oxygen atoms in total. The summed E-state index contributed by atoms with van der Waals surface area (Å²) in [5, 5.41) is 19.0. The van der Waals surface area contributed by atoms with Crippen LogP contribution in [0.2, 0.25) is 10.0 Å². The Morgan fingerprint density at radius 3 is 2.08 bits per heavy atom. The van der Waals surface area contributed by atoms with Crippen molar-refractivity contribution in [1.29, 1.82) is 0 Å². The van der Waals surface area contributed by atoms with Gasteiger partial charge in [0.15, 0.2) is 5.75 Å². The van der Waals surface area contributed by atoms with Crippen molar-refractivity contribution in [2.24, 2.45) is 0 Å². The van der Waals surface area contributed by atoms with Crippen LogP contribution in [0.4, 0.5) is 13.2 Å². The number of alkyl halides is 5. The van der Waals surface area contributed by atoms with Crippen LogP contribution in [-0.4, -0.2) is 46.6 Å². The van der Waals surface area contributed by atoms with Gasteiger partial charge in [0.25, 0.3) is 0 Å². The monoisotopic (exact) mass is 444 g/mol. The molecule has 0 aromatic heterocycles. The fraction of sp³-hybridized carbons (Fsp3) is 0.571. The van der Waals surface area contributed by atoms with Crippen molar-refractivity contribution < 1.29 is 32.9 Å². The van der Waals surface area contributed by atoms with Crippen LogP contribution in [-0.2, 0) is 4.74 Å². The third-order valence-corrected chi connectivity index (χ3v) is 4.48. The molecule has 1 aromatic rings. The molecule has 0 heterocycles. The van der Waals surface area contributed by atoms with Crippen LogP contribution in [0.25, 0.3) is 0 Å². The van der Waals surface area contributed by atoms with Gasteiger partial charge in [-0.3, -0.25) is 0 Å². The molecule has 1 rings (SSSR count). The lowest BCUT2D eigenvalue weighted by Gasteiger charge is -2.27. The number of phenolic OH excluding ortho intramolecular Hbond substituents is 1. The van der Waals surface area contributed by atoms with Crippen LogP contribution in [0.15, 0.2) is 12.1 Å². The zero-order valence-corrected chi connectivity index (χ0v) is 15.6. The lowest BCUT2D eigenvalue weighted by atomic mass is 10.2. The van der Waals surface area contributed by atoms with E-state index >= 15 is 0 Å². The third kappa shape index (κ3) is 6.73. The molecule has 0 saturated heterocycles. The summed E-state index contributed by atoms with van der Waals surface area (Å²) < 4.78 is 44.5. The molecule has 1 unspecified atom stereocenters. The molecule has 0 fully saturated rings. The molecular weight excluding hydrogens is 431 g/mol. The van der Waals surface area contributed by atoms with E-state index in [1.807, 2.05) is 0 Å². The number of unbranched alkanes of at least 4 members (excludes halogenated alkanes) is 1. The molecular formula is C14H15Cl4F3O4. The third-order valence-electron chi connectivity index (χ3n) is 2.98. The predicted octanol–water partition coefficient (Wildman–Crippen LogP) is 4.97. The predicted molar refractivity (Wildman–Crippen MR) is 90.2 cm³/mol. The summed E-state index contributed by atoms with van der Waals surface area (Å²) in [6, 6.07) is 2.55. The minimum Gasteiger partial charge on any atom is -0.508 e. The highest BCUT2D eigenvalue weighted by atomic mass is 35.5. The summed E-state index contributed by atoms with van der Waals surface area (Å²) in [4.78, 5) is 0. The molecule has 0 bridgehead atoms. The van der Waals surface area contributed by atoms with E-state index in [4.69, 9.17) is 55.9 Å². The maximum atomic E-state index is 12.5. The Balaban J connectivity index is 2.26. The molecule has 1 atom stereocenters. The van der Waals surface area contributed by atoms with Gasteiger partial charge in [0.05, 0.1) is 23.3 Å². The minimum atomic E-state index is -4.98. The summed E-state index contributed by atoms with van der Waals surface area (Å²) in [5.74, 6) is 0.125. The number of rotatable bonds is 9. The van der Waals surface area contributed by atoms with Gasteiger partial charge in [0.2, 0.25) is 4.33 Å². The number of aliphatic hydroxyl groups excluding tert-OH is 1. The average molecular weight is 446 g/mol. The number of aliphatic hydroxyl groups is 1. The summed E-state index contributed by atoms with van der Waals surface area (Å²) in [5.41, 5.74) is 0. The van der Waals surface area contributed by atoms with E-state index in [0.29, 0.717) is 12.8 Å². The molecule has 144 valence electrons. The molecule has 11 heteroatoms. The summed E-state index contributed by atoms with van der Waals surface area (Å²) in [6.45, 7) is -0.379. The van der Waals surface area contributed by atoms with Crippen molar-refractivity contribution in [2.45, 2.75) is 29.5 Å². The van der Waals surface area contributed by atoms with Crippen LogP contribution in [0.3, 0.4) is 0 Å². The number of phenols is 1. The Labute approximate surface area is 162 Å². The molecule has 0 aliphatic rings. The zero-order valence-electron chi connectivity index (χ0n) is 12.6. The zero-order chi connectivity index (χ0) is 19.3. The number of halogens is 7. The van der Waals surface area contributed by atoms with Gasteiger partial charge in [-0.1, -0.05) is 46.4 Å². The first-order chi connectivity index (χ1) is 11.5. The molecule has 0 aliphatic carbocycles. The van der Waals surface area contributed by atoms with Crippen molar-refractivity contribution in [3.63, 3.8) is 0 Å². The number of hydrogen-bond donors (Lipinski definition) is 2. The molecule has 0 amide bonds. The van der Waals surface area contributed by atoms with Crippen molar-refractivity contribution in [3.8, 4) is 11.5 Å².